The van der Waals surface area contributed by atoms with Gasteiger partial charge in [0.05, 0.1) is 20.1 Å². The van der Waals surface area contributed by atoms with E-state index in [2.05, 4.69) is 16.1 Å². The van der Waals surface area contributed by atoms with Crippen molar-refractivity contribution in [1.29, 1.82) is 0 Å². The molecule has 1 N–H and O–H groups in total. The molecule has 0 amide bonds. The van der Waals surface area contributed by atoms with Crippen LogP contribution in [0.2, 0.25) is 0 Å². The Balaban J connectivity index is 4.29. The predicted octanol–water partition coefficient (Wildman–Crippen LogP) is 1.45. The van der Waals surface area contributed by atoms with E-state index in [0.29, 0.717) is 6.42 Å². The van der Waals surface area contributed by atoms with Gasteiger partial charge in [-0.3, -0.25) is 4.79 Å². The third-order valence-electron chi connectivity index (χ3n) is 2.75. The zero-order valence-electron chi connectivity index (χ0n) is 11.1. The summed E-state index contributed by atoms with van der Waals surface area (Å²) < 4.78 is 9.21. The summed E-state index contributed by atoms with van der Waals surface area (Å²) in [5, 5.41) is 8.64. The standard InChI is InChI=1S/C13H22O5/c1-10(12(15)17-2)11(13(16)18-3)8-6-4-5-7-9-14/h11,14H,1,4-9H2,2-3H3/t11-/m0/s1. The van der Waals surface area contributed by atoms with Gasteiger partial charge in [-0.2, -0.15) is 0 Å². The molecule has 5 heteroatoms. The summed E-state index contributed by atoms with van der Waals surface area (Å²) in [7, 11) is 2.54. The Labute approximate surface area is 108 Å². The van der Waals surface area contributed by atoms with E-state index in [1.54, 1.807) is 0 Å². The molecule has 0 rings (SSSR count). The lowest BCUT2D eigenvalue weighted by molar-refractivity contribution is -0.147. The molecule has 0 unspecified atom stereocenters. The summed E-state index contributed by atoms with van der Waals surface area (Å²) in [5.74, 6) is -1.69. The summed E-state index contributed by atoms with van der Waals surface area (Å²) in [5.41, 5.74) is 0.131. The smallest absolute Gasteiger partial charge is 0.334 e. The molecule has 0 aromatic rings. The molecule has 0 saturated carbocycles. The fourth-order valence-electron chi connectivity index (χ4n) is 1.66. The Bertz CT molecular complexity index is 285. The van der Waals surface area contributed by atoms with Crippen molar-refractivity contribution in [3.05, 3.63) is 12.2 Å². The molecule has 0 saturated heterocycles. The maximum atomic E-state index is 11.6. The van der Waals surface area contributed by atoms with Crippen LogP contribution in [-0.4, -0.2) is 37.9 Å². The van der Waals surface area contributed by atoms with Gasteiger partial charge in [-0.05, 0) is 12.8 Å². The normalized spacial score (nSPS) is 11.7. The number of carbonyl (C=O) groups is 2. The van der Waals surface area contributed by atoms with Gasteiger partial charge < -0.3 is 14.6 Å². The van der Waals surface area contributed by atoms with Crippen LogP contribution in [0.1, 0.15) is 32.1 Å². The molecule has 104 valence electrons. The minimum Gasteiger partial charge on any atom is -0.469 e. The van der Waals surface area contributed by atoms with Crippen LogP contribution < -0.4 is 0 Å². The Hall–Kier alpha value is -1.36. The Kier molecular flexibility index (Phi) is 8.92. The first-order valence-corrected chi connectivity index (χ1v) is 6.04. The van der Waals surface area contributed by atoms with Crippen LogP contribution in [0, 0.1) is 5.92 Å². The highest BCUT2D eigenvalue weighted by molar-refractivity contribution is 5.94. The SMILES string of the molecule is C=C(C(=O)OC)[C@H](CCCCCCO)C(=O)OC. The van der Waals surface area contributed by atoms with Crippen molar-refractivity contribution in [3.8, 4) is 0 Å². The van der Waals surface area contributed by atoms with E-state index >= 15 is 0 Å². The van der Waals surface area contributed by atoms with Gasteiger partial charge in [0.2, 0.25) is 0 Å². The largest absolute Gasteiger partial charge is 0.469 e. The van der Waals surface area contributed by atoms with Crippen LogP contribution in [-0.2, 0) is 19.1 Å². The first-order valence-electron chi connectivity index (χ1n) is 6.04. The van der Waals surface area contributed by atoms with Crippen molar-refractivity contribution in [1.82, 2.24) is 0 Å². The predicted molar refractivity (Wildman–Crippen MR) is 66.8 cm³/mol. The lowest BCUT2D eigenvalue weighted by Crippen LogP contribution is -2.23. The van der Waals surface area contributed by atoms with E-state index in [-0.39, 0.29) is 12.2 Å². The molecule has 0 aliphatic rings. The van der Waals surface area contributed by atoms with E-state index < -0.39 is 17.9 Å². The highest BCUT2D eigenvalue weighted by atomic mass is 16.5. The number of aliphatic hydroxyl groups excluding tert-OH is 1. The molecule has 0 radical (unpaired) electrons. The Morgan fingerprint density at radius 2 is 1.72 bits per heavy atom. The number of hydrogen-bond acceptors (Lipinski definition) is 5. The topological polar surface area (TPSA) is 72.8 Å². The van der Waals surface area contributed by atoms with Gasteiger partial charge in [0, 0.05) is 12.2 Å². The highest BCUT2D eigenvalue weighted by Gasteiger charge is 2.26. The summed E-state index contributed by atoms with van der Waals surface area (Å²) >= 11 is 0. The molecule has 1 atom stereocenters. The lowest BCUT2D eigenvalue weighted by atomic mass is 9.94. The molecule has 18 heavy (non-hydrogen) atoms. The molecule has 0 bridgehead atoms. The average molecular weight is 258 g/mol. The second kappa shape index (κ2) is 9.65. The molecular weight excluding hydrogens is 236 g/mol. The molecular formula is C13H22O5. The fraction of sp³-hybridized carbons (Fsp3) is 0.692. The number of carbonyl (C=O) groups excluding carboxylic acids is 2. The van der Waals surface area contributed by atoms with Crippen molar-refractivity contribution >= 4 is 11.9 Å². The Morgan fingerprint density at radius 3 is 2.22 bits per heavy atom. The summed E-state index contributed by atoms with van der Waals surface area (Å²) in [6, 6.07) is 0. The fourth-order valence-corrected chi connectivity index (χ4v) is 1.66. The monoisotopic (exact) mass is 258 g/mol. The van der Waals surface area contributed by atoms with Crippen LogP contribution >= 0.6 is 0 Å². The summed E-state index contributed by atoms with van der Waals surface area (Å²) in [6.45, 7) is 3.77. The van der Waals surface area contributed by atoms with Gasteiger partial charge in [-0.1, -0.05) is 25.8 Å². The van der Waals surface area contributed by atoms with Crippen LogP contribution in [0.4, 0.5) is 0 Å². The molecule has 0 fully saturated rings. The second-order valence-electron chi connectivity index (χ2n) is 4.02. The first kappa shape index (κ1) is 16.6. The van der Waals surface area contributed by atoms with Crippen LogP contribution in [0.15, 0.2) is 12.2 Å². The second-order valence-corrected chi connectivity index (χ2v) is 4.02. The number of aliphatic hydroxyl groups is 1. The number of ether oxygens (including phenoxy) is 2. The number of hydrogen-bond donors (Lipinski definition) is 1. The van der Waals surface area contributed by atoms with Crippen LogP contribution in [0.3, 0.4) is 0 Å². The van der Waals surface area contributed by atoms with Crippen molar-refractivity contribution in [2.24, 2.45) is 5.92 Å². The van der Waals surface area contributed by atoms with Crippen molar-refractivity contribution in [2.75, 3.05) is 20.8 Å². The average Bonchev–Trinajstić information content (AvgIpc) is 2.40. The molecule has 5 nitrogen and oxygen atoms in total. The summed E-state index contributed by atoms with van der Waals surface area (Å²) in [4.78, 5) is 22.9. The van der Waals surface area contributed by atoms with E-state index in [9.17, 15) is 9.59 Å². The quantitative estimate of drug-likeness (QED) is 0.385. The van der Waals surface area contributed by atoms with E-state index in [0.717, 1.165) is 25.7 Å². The van der Waals surface area contributed by atoms with Gasteiger partial charge in [0.25, 0.3) is 0 Å². The molecule has 0 aliphatic heterocycles. The van der Waals surface area contributed by atoms with Gasteiger partial charge in [-0.25, -0.2) is 4.79 Å². The van der Waals surface area contributed by atoms with E-state index in [1.165, 1.54) is 14.2 Å². The maximum Gasteiger partial charge on any atom is 0.334 e. The minimum atomic E-state index is -0.642. The first-order chi connectivity index (χ1) is 8.58. The van der Waals surface area contributed by atoms with Gasteiger partial charge in [0.15, 0.2) is 0 Å². The van der Waals surface area contributed by atoms with Crippen molar-refractivity contribution < 1.29 is 24.2 Å². The molecule has 0 spiro atoms. The number of esters is 2. The molecule has 0 heterocycles. The van der Waals surface area contributed by atoms with E-state index in [1.807, 2.05) is 0 Å². The number of unbranched alkanes of at least 4 members (excludes halogenated alkanes) is 3. The van der Waals surface area contributed by atoms with Gasteiger partial charge in [0.1, 0.15) is 0 Å². The molecule has 0 aliphatic carbocycles. The zero-order chi connectivity index (χ0) is 14.0. The van der Waals surface area contributed by atoms with Gasteiger partial charge >= 0.3 is 11.9 Å². The number of rotatable bonds is 9. The van der Waals surface area contributed by atoms with Crippen LogP contribution in [0.25, 0.3) is 0 Å². The third kappa shape index (κ3) is 5.82. The molecule has 0 aromatic carbocycles. The third-order valence-corrected chi connectivity index (χ3v) is 2.75. The van der Waals surface area contributed by atoms with Gasteiger partial charge in [-0.15, -0.1) is 0 Å². The van der Waals surface area contributed by atoms with Crippen molar-refractivity contribution in [2.45, 2.75) is 32.1 Å². The minimum absolute atomic E-state index is 0.131. The van der Waals surface area contributed by atoms with Crippen molar-refractivity contribution in [3.63, 3.8) is 0 Å². The highest BCUT2D eigenvalue weighted by Crippen LogP contribution is 2.20. The number of methoxy groups -OCH3 is 2. The zero-order valence-corrected chi connectivity index (χ0v) is 11.1. The lowest BCUT2D eigenvalue weighted by Gasteiger charge is -2.15. The maximum absolute atomic E-state index is 11.6. The summed E-state index contributed by atoms with van der Waals surface area (Å²) in [6.07, 6.45) is 3.82. The van der Waals surface area contributed by atoms with Crippen LogP contribution in [0.5, 0.6) is 0 Å². The Morgan fingerprint density at radius 1 is 1.11 bits per heavy atom. The van der Waals surface area contributed by atoms with E-state index in [4.69, 9.17) is 5.11 Å². The molecule has 0 aromatic heterocycles.